The van der Waals surface area contributed by atoms with Gasteiger partial charge >= 0.3 is 0 Å². The molecule has 1 aliphatic heterocycles. The molecule has 1 saturated heterocycles. The highest BCUT2D eigenvalue weighted by atomic mass is 79.9. The number of methoxy groups -OCH3 is 1. The van der Waals surface area contributed by atoms with Gasteiger partial charge in [-0.15, -0.1) is 0 Å². The Kier molecular flexibility index (Phi) is 9.72. The van der Waals surface area contributed by atoms with Crippen molar-refractivity contribution in [3.05, 3.63) is 133 Å². The summed E-state index contributed by atoms with van der Waals surface area (Å²) in [5, 5.41) is 1.75. The van der Waals surface area contributed by atoms with E-state index in [2.05, 4.69) is 15.9 Å². The lowest BCUT2D eigenvalue weighted by molar-refractivity contribution is -0.122. The van der Waals surface area contributed by atoms with Gasteiger partial charge in [0.2, 0.25) is 0 Å². The minimum absolute atomic E-state index is 0.0986. The Morgan fingerprint density at radius 2 is 1.66 bits per heavy atom. The monoisotopic (exact) mass is 666 g/mol. The molecule has 0 aromatic heterocycles. The van der Waals surface area contributed by atoms with Crippen LogP contribution in [0.1, 0.15) is 22.3 Å². The molecular formula is C32H25BrCl2N2O3S. The molecule has 41 heavy (non-hydrogen) atoms. The number of rotatable bonds is 9. The van der Waals surface area contributed by atoms with Crippen molar-refractivity contribution in [1.82, 2.24) is 4.90 Å². The first-order valence-corrected chi connectivity index (χ1v) is 15.1. The molecule has 0 N–H and O–H groups in total. The van der Waals surface area contributed by atoms with Crippen molar-refractivity contribution in [2.24, 2.45) is 4.99 Å². The van der Waals surface area contributed by atoms with Crippen LogP contribution in [-0.2, 0) is 24.5 Å². The molecule has 0 atom stereocenters. The number of halogens is 3. The average molecular weight is 668 g/mol. The zero-order valence-corrected chi connectivity index (χ0v) is 25.9. The average Bonchev–Trinajstić information content (AvgIpc) is 3.26. The van der Waals surface area contributed by atoms with Crippen LogP contribution in [0.4, 0.5) is 0 Å². The number of thioether (sulfide) groups is 1. The first-order chi connectivity index (χ1) is 19.9. The summed E-state index contributed by atoms with van der Waals surface area (Å²) in [6.07, 6.45) is 1.85. The van der Waals surface area contributed by atoms with Crippen LogP contribution in [0.3, 0.4) is 0 Å². The number of ether oxygens (including phenoxy) is 2. The van der Waals surface area contributed by atoms with E-state index in [4.69, 9.17) is 37.7 Å². The van der Waals surface area contributed by atoms with Gasteiger partial charge in [0.15, 0.2) is 16.7 Å². The normalized spacial score (nSPS) is 15.1. The molecule has 0 unspecified atom stereocenters. The topological polar surface area (TPSA) is 51.1 Å². The van der Waals surface area contributed by atoms with E-state index >= 15 is 0 Å². The summed E-state index contributed by atoms with van der Waals surface area (Å²) in [7, 11) is 1.58. The van der Waals surface area contributed by atoms with Crippen molar-refractivity contribution in [1.29, 1.82) is 0 Å². The second-order valence-electron chi connectivity index (χ2n) is 9.13. The summed E-state index contributed by atoms with van der Waals surface area (Å²) in [5.74, 6) is 0.950. The Morgan fingerprint density at radius 1 is 0.951 bits per heavy atom. The van der Waals surface area contributed by atoms with Gasteiger partial charge in [0.05, 0.1) is 29.6 Å². The zero-order valence-electron chi connectivity index (χ0n) is 22.0. The minimum Gasteiger partial charge on any atom is -0.493 e. The lowest BCUT2D eigenvalue weighted by Gasteiger charge is -2.16. The van der Waals surface area contributed by atoms with Gasteiger partial charge < -0.3 is 9.47 Å². The van der Waals surface area contributed by atoms with Crippen molar-refractivity contribution < 1.29 is 14.3 Å². The molecule has 5 rings (SSSR count). The van der Waals surface area contributed by atoms with Gasteiger partial charge in [0.25, 0.3) is 5.91 Å². The molecule has 0 aliphatic carbocycles. The minimum atomic E-state index is -0.0986. The number of hydrogen-bond donors (Lipinski definition) is 0. The van der Waals surface area contributed by atoms with Crippen LogP contribution in [0, 0.1) is 0 Å². The highest BCUT2D eigenvalue weighted by Gasteiger charge is 2.33. The summed E-state index contributed by atoms with van der Waals surface area (Å²) in [4.78, 5) is 20.7. The first kappa shape index (κ1) is 29.3. The maximum Gasteiger partial charge on any atom is 0.267 e. The van der Waals surface area contributed by atoms with E-state index in [1.54, 1.807) is 24.1 Å². The molecule has 9 heteroatoms. The van der Waals surface area contributed by atoms with E-state index in [1.807, 2.05) is 84.9 Å². The van der Waals surface area contributed by atoms with Gasteiger partial charge in [0.1, 0.15) is 6.61 Å². The second kappa shape index (κ2) is 13.6. The van der Waals surface area contributed by atoms with E-state index in [0.29, 0.717) is 49.2 Å². The lowest BCUT2D eigenvalue weighted by Crippen LogP contribution is -2.28. The van der Waals surface area contributed by atoms with Gasteiger partial charge in [-0.3, -0.25) is 14.7 Å². The maximum atomic E-state index is 13.6. The number of carbonyl (C=O) groups is 1. The zero-order chi connectivity index (χ0) is 28.8. The predicted molar refractivity (Wildman–Crippen MR) is 172 cm³/mol. The van der Waals surface area contributed by atoms with Crippen LogP contribution in [0.25, 0.3) is 6.08 Å². The Hall–Kier alpha value is -3.23. The van der Waals surface area contributed by atoms with E-state index in [0.717, 1.165) is 22.3 Å². The number of amides is 1. The number of aliphatic imine (C=N–C) groups is 1. The third-order valence-corrected chi connectivity index (χ3v) is 8.47. The van der Waals surface area contributed by atoms with Crippen molar-refractivity contribution >= 4 is 68.0 Å². The smallest absolute Gasteiger partial charge is 0.267 e. The van der Waals surface area contributed by atoms with Gasteiger partial charge in [0, 0.05) is 15.6 Å². The fourth-order valence-corrected chi connectivity index (χ4v) is 6.19. The third kappa shape index (κ3) is 7.35. The SMILES string of the molecule is COc1cc(/C=C2\SC(=NCc3ccccc3)N(Cc3ccccc3)C2=O)cc(Br)c1OCc1ccc(Cl)cc1Cl. The Labute approximate surface area is 261 Å². The Balaban J connectivity index is 1.41. The summed E-state index contributed by atoms with van der Waals surface area (Å²) in [5.41, 5.74) is 3.69. The number of hydrogen-bond acceptors (Lipinski definition) is 5. The fourth-order valence-electron chi connectivity index (χ4n) is 4.18. The number of amidine groups is 1. The molecule has 0 bridgehead atoms. The summed E-state index contributed by atoms with van der Waals surface area (Å²) < 4.78 is 12.4. The molecule has 0 saturated carbocycles. The molecule has 1 amide bonds. The van der Waals surface area contributed by atoms with Crippen LogP contribution in [0.2, 0.25) is 10.0 Å². The van der Waals surface area contributed by atoms with E-state index < -0.39 is 0 Å². The Morgan fingerprint density at radius 3 is 2.34 bits per heavy atom. The largest absolute Gasteiger partial charge is 0.493 e. The molecular weight excluding hydrogens is 643 g/mol. The molecule has 5 nitrogen and oxygen atoms in total. The molecule has 0 radical (unpaired) electrons. The Bertz CT molecular complexity index is 1610. The summed E-state index contributed by atoms with van der Waals surface area (Å²) in [6, 6.07) is 28.9. The van der Waals surface area contributed by atoms with Crippen LogP contribution in [-0.4, -0.2) is 23.1 Å². The quantitative estimate of drug-likeness (QED) is 0.167. The molecule has 4 aromatic carbocycles. The van der Waals surface area contributed by atoms with Gasteiger partial charge in [-0.2, -0.15) is 0 Å². The lowest BCUT2D eigenvalue weighted by atomic mass is 10.1. The van der Waals surface area contributed by atoms with Crippen molar-refractivity contribution in [2.45, 2.75) is 19.7 Å². The van der Waals surface area contributed by atoms with Gasteiger partial charge in [-0.25, -0.2) is 0 Å². The second-order valence-corrected chi connectivity index (χ2v) is 11.8. The highest BCUT2D eigenvalue weighted by Crippen LogP contribution is 2.40. The third-order valence-electron chi connectivity index (χ3n) is 6.25. The molecule has 1 aliphatic rings. The summed E-state index contributed by atoms with van der Waals surface area (Å²) in [6.45, 7) is 1.15. The van der Waals surface area contributed by atoms with Crippen molar-refractivity contribution in [3.8, 4) is 11.5 Å². The number of carbonyl (C=O) groups excluding carboxylic acids is 1. The molecule has 0 spiro atoms. The van der Waals surface area contributed by atoms with E-state index in [1.165, 1.54) is 11.8 Å². The summed E-state index contributed by atoms with van der Waals surface area (Å²) >= 11 is 17.3. The van der Waals surface area contributed by atoms with Crippen LogP contribution >= 0.6 is 50.9 Å². The highest BCUT2D eigenvalue weighted by molar-refractivity contribution is 9.10. The van der Waals surface area contributed by atoms with Crippen LogP contribution < -0.4 is 9.47 Å². The maximum absolute atomic E-state index is 13.6. The molecule has 208 valence electrons. The van der Waals surface area contributed by atoms with Gasteiger partial charge in [-0.1, -0.05) is 89.9 Å². The van der Waals surface area contributed by atoms with Crippen molar-refractivity contribution in [2.75, 3.05) is 7.11 Å². The van der Waals surface area contributed by atoms with Crippen LogP contribution in [0.15, 0.2) is 105 Å². The fraction of sp³-hybridized carbons (Fsp3) is 0.125. The molecule has 1 heterocycles. The predicted octanol–water partition coefficient (Wildman–Crippen LogP) is 9.02. The van der Waals surface area contributed by atoms with Crippen LogP contribution in [0.5, 0.6) is 11.5 Å². The van der Waals surface area contributed by atoms with Crippen molar-refractivity contribution in [3.63, 3.8) is 0 Å². The molecule has 4 aromatic rings. The van der Waals surface area contributed by atoms with E-state index in [9.17, 15) is 4.79 Å². The van der Waals surface area contributed by atoms with Gasteiger partial charge in [-0.05, 0) is 74.7 Å². The number of nitrogens with zero attached hydrogens (tertiary/aromatic N) is 2. The van der Waals surface area contributed by atoms with E-state index in [-0.39, 0.29) is 12.5 Å². The number of benzene rings is 4. The molecule has 1 fully saturated rings. The first-order valence-electron chi connectivity index (χ1n) is 12.7. The standard InChI is InChI=1S/C32H25BrCl2N2O3S/c1-39-28-15-23(14-26(33)30(28)40-20-24-12-13-25(34)17-27(24)35)16-29-31(38)37(19-22-10-6-3-7-11-22)32(41-29)36-18-21-8-4-2-5-9-21/h2-17H,18-20H2,1H3/b29-16-,36-32?.